The minimum Gasteiger partial charge on any atom is -0.457 e. The second kappa shape index (κ2) is 8.60. The Morgan fingerprint density at radius 2 is 1.84 bits per heavy atom. The van der Waals surface area contributed by atoms with Gasteiger partial charge in [0.15, 0.2) is 5.82 Å². The molecule has 0 aliphatic rings. The molecule has 6 heteroatoms. The Bertz CT molecular complexity index is 1260. The molecule has 0 radical (unpaired) electrons. The molecule has 2 aromatic carbocycles. The number of anilines is 2. The van der Waals surface area contributed by atoms with E-state index in [0.29, 0.717) is 5.92 Å². The van der Waals surface area contributed by atoms with Gasteiger partial charge < -0.3 is 10.1 Å². The van der Waals surface area contributed by atoms with Crippen molar-refractivity contribution in [2.24, 2.45) is 10.9 Å². The average Bonchev–Trinajstić information content (AvgIpc) is 3.12. The third-order valence-corrected chi connectivity index (χ3v) is 5.01. The Labute approximate surface area is 182 Å². The smallest absolute Gasteiger partial charge is 0.158 e. The standard InChI is InChI=1S/C25H27N5O/c1-16(2)14-26-22-13-21(8-6-17(22)3)31-23-9-7-20(12-19(23)5)29-25-24-18(4)10-11-30(24)28-15-27-25/h6-16H,1-5H3,(H,27,28,29). The average molecular weight is 414 g/mol. The Morgan fingerprint density at radius 1 is 1.00 bits per heavy atom. The fourth-order valence-corrected chi connectivity index (χ4v) is 3.33. The van der Waals surface area contributed by atoms with E-state index in [9.17, 15) is 0 Å². The van der Waals surface area contributed by atoms with Crippen LogP contribution in [0.2, 0.25) is 0 Å². The van der Waals surface area contributed by atoms with Crippen LogP contribution in [0.5, 0.6) is 11.5 Å². The zero-order valence-corrected chi connectivity index (χ0v) is 18.5. The molecular weight excluding hydrogens is 386 g/mol. The zero-order valence-electron chi connectivity index (χ0n) is 18.5. The molecule has 0 aliphatic carbocycles. The van der Waals surface area contributed by atoms with Gasteiger partial charge in [0.2, 0.25) is 0 Å². The molecule has 0 amide bonds. The summed E-state index contributed by atoms with van der Waals surface area (Å²) in [6.07, 6.45) is 5.44. The van der Waals surface area contributed by atoms with Crippen LogP contribution < -0.4 is 10.1 Å². The highest BCUT2D eigenvalue weighted by Crippen LogP contribution is 2.32. The second-order valence-electron chi connectivity index (χ2n) is 8.08. The first-order valence-corrected chi connectivity index (χ1v) is 10.4. The first-order chi connectivity index (χ1) is 14.9. The minimum atomic E-state index is 0.401. The van der Waals surface area contributed by atoms with Gasteiger partial charge in [-0.2, -0.15) is 5.10 Å². The molecule has 4 rings (SSSR count). The Hall–Kier alpha value is -3.67. The molecule has 4 aromatic rings. The molecule has 31 heavy (non-hydrogen) atoms. The highest BCUT2D eigenvalue weighted by Gasteiger charge is 2.09. The van der Waals surface area contributed by atoms with Gasteiger partial charge in [-0.3, -0.25) is 4.99 Å². The maximum atomic E-state index is 6.16. The molecule has 158 valence electrons. The van der Waals surface area contributed by atoms with Gasteiger partial charge in [-0.15, -0.1) is 0 Å². The first kappa shape index (κ1) is 20.6. The van der Waals surface area contributed by atoms with Crippen LogP contribution >= 0.6 is 0 Å². The first-order valence-electron chi connectivity index (χ1n) is 10.4. The number of nitrogens with one attached hydrogen (secondary N) is 1. The van der Waals surface area contributed by atoms with Crippen molar-refractivity contribution in [3.8, 4) is 11.5 Å². The number of nitrogens with zero attached hydrogens (tertiary/aromatic N) is 4. The largest absolute Gasteiger partial charge is 0.457 e. The molecule has 0 fully saturated rings. The minimum absolute atomic E-state index is 0.401. The van der Waals surface area contributed by atoms with E-state index in [-0.39, 0.29) is 0 Å². The fourth-order valence-electron chi connectivity index (χ4n) is 3.33. The topological polar surface area (TPSA) is 63.8 Å². The van der Waals surface area contributed by atoms with E-state index in [0.717, 1.165) is 50.9 Å². The molecule has 0 atom stereocenters. The van der Waals surface area contributed by atoms with Crippen molar-refractivity contribution < 1.29 is 4.74 Å². The number of benzene rings is 2. The van der Waals surface area contributed by atoms with Crippen molar-refractivity contribution in [1.29, 1.82) is 0 Å². The lowest BCUT2D eigenvalue weighted by Gasteiger charge is -2.13. The van der Waals surface area contributed by atoms with Gasteiger partial charge in [0, 0.05) is 24.2 Å². The summed E-state index contributed by atoms with van der Waals surface area (Å²) >= 11 is 0. The lowest BCUT2D eigenvalue weighted by atomic mass is 10.1. The number of rotatable bonds is 6. The fraction of sp³-hybridized carbons (Fsp3) is 0.240. The summed E-state index contributed by atoms with van der Waals surface area (Å²) in [4.78, 5) is 9.00. The highest BCUT2D eigenvalue weighted by molar-refractivity contribution is 5.76. The van der Waals surface area contributed by atoms with E-state index in [1.165, 1.54) is 0 Å². The predicted octanol–water partition coefficient (Wildman–Crippen LogP) is 6.55. The lowest BCUT2D eigenvalue weighted by Crippen LogP contribution is -2.00. The summed E-state index contributed by atoms with van der Waals surface area (Å²) in [6, 6.07) is 14.0. The maximum absolute atomic E-state index is 6.16. The number of hydrogen-bond acceptors (Lipinski definition) is 5. The van der Waals surface area contributed by atoms with Crippen LogP contribution in [0, 0.1) is 26.7 Å². The SMILES string of the molecule is Cc1ccc(Oc2ccc(Nc3ncnn4ccc(C)c34)cc2C)cc1N=CC(C)C. The zero-order chi connectivity index (χ0) is 22.0. The van der Waals surface area contributed by atoms with Crippen molar-refractivity contribution in [2.45, 2.75) is 34.6 Å². The number of hydrogen-bond donors (Lipinski definition) is 1. The van der Waals surface area contributed by atoms with Gasteiger partial charge in [-0.05, 0) is 73.7 Å². The van der Waals surface area contributed by atoms with E-state index in [2.05, 4.69) is 47.2 Å². The molecule has 0 spiro atoms. The number of aliphatic imine (C=N–C) groups is 1. The maximum Gasteiger partial charge on any atom is 0.158 e. The van der Waals surface area contributed by atoms with Gasteiger partial charge in [0.1, 0.15) is 23.3 Å². The number of fused-ring (bicyclic) bond motifs is 1. The van der Waals surface area contributed by atoms with Gasteiger partial charge in [-0.25, -0.2) is 9.50 Å². The second-order valence-corrected chi connectivity index (χ2v) is 8.08. The molecule has 0 unspecified atom stereocenters. The monoisotopic (exact) mass is 413 g/mol. The van der Waals surface area contributed by atoms with Gasteiger partial charge in [0.05, 0.1) is 5.69 Å². The molecule has 2 heterocycles. The van der Waals surface area contributed by atoms with Gasteiger partial charge in [0.25, 0.3) is 0 Å². The summed E-state index contributed by atoms with van der Waals surface area (Å²) in [7, 11) is 0. The van der Waals surface area contributed by atoms with Crippen LogP contribution in [-0.2, 0) is 0 Å². The molecule has 1 N–H and O–H groups in total. The van der Waals surface area contributed by atoms with Crippen LogP contribution in [-0.4, -0.2) is 20.8 Å². The number of ether oxygens (including phenoxy) is 1. The van der Waals surface area contributed by atoms with Crippen LogP contribution in [0.1, 0.15) is 30.5 Å². The molecule has 0 bridgehead atoms. The van der Waals surface area contributed by atoms with Gasteiger partial charge >= 0.3 is 0 Å². The Kier molecular flexibility index (Phi) is 5.71. The lowest BCUT2D eigenvalue weighted by molar-refractivity contribution is 0.479. The van der Waals surface area contributed by atoms with Crippen LogP contribution in [0.3, 0.4) is 0 Å². The molecular formula is C25H27N5O. The van der Waals surface area contributed by atoms with Crippen molar-refractivity contribution in [3.63, 3.8) is 0 Å². The van der Waals surface area contributed by atoms with Crippen LogP contribution in [0.4, 0.5) is 17.2 Å². The van der Waals surface area contributed by atoms with Crippen molar-refractivity contribution in [1.82, 2.24) is 14.6 Å². The van der Waals surface area contributed by atoms with Crippen molar-refractivity contribution in [2.75, 3.05) is 5.32 Å². The Balaban J connectivity index is 1.56. The van der Waals surface area contributed by atoms with E-state index < -0.39 is 0 Å². The van der Waals surface area contributed by atoms with Crippen LogP contribution in [0.25, 0.3) is 5.52 Å². The normalized spacial score (nSPS) is 11.5. The van der Waals surface area contributed by atoms with Crippen molar-refractivity contribution in [3.05, 3.63) is 71.7 Å². The summed E-state index contributed by atoms with van der Waals surface area (Å²) in [6.45, 7) is 10.4. The molecule has 2 aromatic heterocycles. The van der Waals surface area contributed by atoms with Crippen LogP contribution in [0.15, 0.2) is 60.0 Å². The highest BCUT2D eigenvalue weighted by atomic mass is 16.5. The van der Waals surface area contributed by atoms with E-state index in [1.54, 1.807) is 6.33 Å². The summed E-state index contributed by atoms with van der Waals surface area (Å²) in [5, 5.41) is 7.66. The summed E-state index contributed by atoms with van der Waals surface area (Å²) < 4.78 is 7.99. The summed E-state index contributed by atoms with van der Waals surface area (Å²) in [5.41, 5.74) is 6.10. The summed E-state index contributed by atoms with van der Waals surface area (Å²) in [5.74, 6) is 2.75. The molecule has 0 saturated carbocycles. The number of aromatic nitrogens is 3. The predicted molar refractivity (Wildman–Crippen MR) is 126 cm³/mol. The third kappa shape index (κ3) is 4.58. The molecule has 0 aliphatic heterocycles. The van der Waals surface area contributed by atoms with Crippen molar-refractivity contribution >= 4 is 28.9 Å². The molecule has 6 nitrogen and oxygen atoms in total. The van der Waals surface area contributed by atoms with Gasteiger partial charge in [-0.1, -0.05) is 19.9 Å². The molecule has 0 saturated heterocycles. The van der Waals surface area contributed by atoms with E-state index in [4.69, 9.17) is 4.74 Å². The number of aryl methyl sites for hydroxylation is 3. The third-order valence-electron chi connectivity index (χ3n) is 5.01. The van der Waals surface area contributed by atoms with E-state index in [1.807, 2.05) is 67.2 Å². The Morgan fingerprint density at radius 3 is 2.61 bits per heavy atom. The quantitative estimate of drug-likeness (QED) is 0.364. The van der Waals surface area contributed by atoms with E-state index >= 15 is 0 Å².